The van der Waals surface area contributed by atoms with Gasteiger partial charge >= 0.3 is 0 Å². The Morgan fingerprint density at radius 2 is 2.11 bits per heavy atom. The van der Waals surface area contributed by atoms with Crippen molar-refractivity contribution in [2.24, 2.45) is 0 Å². The molecule has 0 aromatic heterocycles. The lowest BCUT2D eigenvalue weighted by molar-refractivity contribution is -0.124. The van der Waals surface area contributed by atoms with Gasteiger partial charge in [0.1, 0.15) is 6.54 Å². The monoisotopic (exact) mass is 248 g/mol. The fourth-order valence-electron chi connectivity index (χ4n) is 2.06. The number of aryl methyl sites for hydroxylation is 1. The van der Waals surface area contributed by atoms with E-state index in [4.69, 9.17) is 5.11 Å². The standard InChI is InChI=1S/C13H16N2O3/c16-8-7-14-12(17)9-15-11-4-2-1-3-10(11)5-6-13(15)18/h1-4,16H,5-9H2,(H,14,17). The van der Waals surface area contributed by atoms with Gasteiger partial charge in [0.15, 0.2) is 0 Å². The van der Waals surface area contributed by atoms with E-state index in [1.54, 1.807) is 0 Å². The number of nitrogens with one attached hydrogen (secondary N) is 1. The van der Waals surface area contributed by atoms with Gasteiger partial charge in [-0.15, -0.1) is 0 Å². The molecular formula is C13H16N2O3. The smallest absolute Gasteiger partial charge is 0.240 e. The highest BCUT2D eigenvalue weighted by atomic mass is 16.3. The van der Waals surface area contributed by atoms with Crippen LogP contribution in [0.25, 0.3) is 0 Å². The number of benzene rings is 1. The molecule has 0 atom stereocenters. The first kappa shape index (κ1) is 12.6. The van der Waals surface area contributed by atoms with Crippen molar-refractivity contribution in [1.82, 2.24) is 5.32 Å². The van der Waals surface area contributed by atoms with Crippen LogP contribution in [0, 0.1) is 0 Å². The van der Waals surface area contributed by atoms with Crippen molar-refractivity contribution in [2.75, 3.05) is 24.6 Å². The molecule has 2 rings (SSSR count). The minimum atomic E-state index is -0.255. The number of fused-ring (bicyclic) bond motifs is 1. The molecule has 1 aliphatic rings. The van der Waals surface area contributed by atoms with E-state index in [1.165, 1.54) is 4.90 Å². The van der Waals surface area contributed by atoms with Gasteiger partial charge in [-0.1, -0.05) is 18.2 Å². The van der Waals surface area contributed by atoms with Crippen molar-refractivity contribution < 1.29 is 14.7 Å². The molecule has 5 heteroatoms. The zero-order valence-electron chi connectivity index (χ0n) is 10.1. The second-order valence-electron chi connectivity index (χ2n) is 4.18. The molecule has 1 aliphatic heterocycles. The lowest BCUT2D eigenvalue weighted by Crippen LogP contribution is -2.43. The first-order valence-electron chi connectivity index (χ1n) is 5.98. The Balaban J connectivity index is 2.12. The zero-order valence-corrected chi connectivity index (χ0v) is 10.1. The first-order valence-corrected chi connectivity index (χ1v) is 5.98. The molecule has 0 aliphatic carbocycles. The Hall–Kier alpha value is -1.88. The molecule has 1 heterocycles. The van der Waals surface area contributed by atoms with Gasteiger partial charge in [-0.05, 0) is 18.1 Å². The van der Waals surface area contributed by atoms with Crippen LogP contribution in [0.3, 0.4) is 0 Å². The molecule has 0 radical (unpaired) electrons. The van der Waals surface area contributed by atoms with Crippen LogP contribution in [0.2, 0.25) is 0 Å². The molecule has 18 heavy (non-hydrogen) atoms. The quantitative estimate of drug-likeness (QED) is 0.792. The highest BCUT2D eigenvalue weighted by molar-refractivity contribution is 6.00. The number of para-hydroxylation sites is 1. The molecule has 1 aromatic carbocycles. The lowest BCUT2D eigenvalue weighted by Gasteiger charge is -2.28. The van der Waals surface area contributed by atoms with Crippen LogP contribution in [0.15, 0.2) is 24.3 Å². The van der Waals surface area contributed by atoms with E-state index in [0.29, 0.717) is 6.42 Å². The van der Waals surface area contributed by atoms with Crippen molar-refractivity contribution in [3.05, 3.63) is 29.8 Å². The highest BCUT2D eigenvalue weighted by Crippen LogP contribution is 2.26. The fourth-order valence-corrected chi connectivity index (χ4v) is 2.06. The SMILES string of the molecule is O=C(CN1C(=O)CCc2ccccc21)NCCO. The van der Waals surface area contributed by atoms with Crippen LogP contribution in [0.1, 0.15) is 12.0 Å². The van der Waals surface area contributed by atoms with Crippen LogP contribution in [0.5, 0.6) is 0 Å². The number of rotatable bonds is 4. The van der Waals surface area contributed by atoms with Gasteiger partial charge in [0.2, 0.25) is 11.8 Å². The van der Waals surface area contributed by atoms with Gasteiger partial charge in [-0.2, -0.15) is 0 Å². The number of amides is 2. The van der Waals surface area contributed by atoms with E-state index in [-0.39, 0.29) is 31.5 Å². The summed E-state index contributed by atoms with van der Waals surface area (Å²) in [4.78, 5) is 25.0. The van der Waals surface area contributed by atoms with Gasteiger partial charge in [-0.3, -0.25) is 9.59 Å². The number of aliphatic hydroxyl groups is 1. The summed E-state index contributed by atoms with van der Waals surface area (Å²) in [5.41, 5.74) is 1.90. The van der Waals surface area contributed by atoms with E-state index >= 15 is 0 Å². The Morgan fingerprint density at radius 3 is 2.89 bits per heavy atom. The number of anilines is 1. The summed E-state index contributed by atoms with van der Waals surface area (Å²) in [6.45, 7) is 0.120. The molecule has 2 N–H and O–H groups in total. The first-order chi connectivity index (χ1) is 8.72. The number of nitrogens with zero attached hydrogens (tertiary/aromatic N) is 1. The van der Waals surface area contributed by atoms with E-state index in [0.717, 1.165) is 17.7 Å². The molecule has 5 nitrogen and oxygen atoms in total. The highest BCUT2D eigenvalue weighted by Gasteiger charge is 2.25. The number of carbonyl (C=O) groups excluding carboxylic acids is 2. The summed E-state index contributed by atoms with van der Waals surface area (Å²) < 4.78 is 0. The Labute approximate surface area is 105 Å². The second-order valence-corrected chi connectivity index (χ2v) is 4.18. The lowest BCUT2D eigenvalue weighted by atomic mass is 10.0. The summed E-state index contributed by atoms with van der Waals surface area (Å²) in [6, 6.07) is 7.61. The third kappa shape index (κ3) is 2.68. The largest absolute Gasteiger partial charge is 0.395 e. The minimum absolute atomic E-state index is 0.00977. The molecule has 0 unspecified atom stereocenters. The van der Waals surface area contributed by atoms with Gasteiger partial charge in [-0.25, -0.2) is 0 Å². The predicted molar refractivity (Wildman–Crippen MR) is 67.2 cm³/mol. The number of hydrogen-bond acceptors (Lipinski definition) is 3. The number of aliphatic hydroxyl groups excluding tert-OH is 1. The third-order valence-corrected chi connectivity index (χ3v) is 2.93. The second kappa shape index (κ2) is 5.64. The number of carbonyl (C=O) groups is 2. The normalized spacial score (nSPS) is 14.3. The number of hydrogen-bond donors (Lipinski definition) is 2. The van der Waals surface area contributed by atoms with E-state index in [1.807, 2.05) is 24.3 Å². The molecule has 0 bridgehead atoms. The van der Waals surface area contributed by atoms with Gasteiger partial charge in [0, 0.05) is 18.7 Å². The predicted octanol–water partition coefficient (Wildman–Crippen LogP) is 0.0743. The topological polar surface area (TPSA) is 69.6 Å². The summed E-state index contributed by atoms with van der Waals surface area (Å²) in [7, 11) is 0. The average molecular weight is 248 g/mol. The summed E-state index contributed by atoms with van der Waals surface area (Å²) in [5.74, 6) is -0.290. The molecule has 96 valence electrons. The maximum Gasteiger partial charge on any atom is 0.240 e. The van der Waals surface area contributed by atoms with Crippen LogP contribution in [-0.2, 0) is 16.0 Å². The van der Waals surface area contributed by atoms with Crippen molar-refractivity contribution in [3.8, 4) is 0 Å². The average Bonchev–Trinajstić information content (AvgIpc) is 2.40. The zero-order chi connectivity index (χ0) is 13.0. The Kier molecular flexibility index (Phi) is 3.94. The van der Waals surface area contributed by atoms with Crippen LogP contribution in [-0.4, -0.2) is 36.6 Å². The van der Waals surface area contributed by atoms with Crippen molar-refractivity contribution >= 4 is 17.5 Å². The molecule has 0 saturated carbocycles. The van der Waals surface area contributed by atoms with Crippen molar-refractivity contribution in [2.45, 2.75) is 12.8 Å². The Morgan fingerprint density at radius 1 is 1.33 bits per heavy atom. The molecule has 1 aromatic rings. The van der Waals surface area contributed by atoms with Crippen LogP contribution in [0.4, 0.5) is 5.69 Å². The maximum atomic E-state index is 11.9. The molecule has 0 saturated heterocycles. The van der Waals surface area contributed by atoms with Crippen molar-refractivity contribution in [1.29, 1.82) is 0 Å². The molecule has 0 fully saturated rings. The minimum Gasteiger partial charge on any atom is -0.395 e. The van der Waals surface area contributed by atoms with Gasteiger partial charge in [0.05, 0.1) is 6.61 Å². The molecule has 2 amide bonds. The van der Waals surface area contributed by atoms with Crippen LogP contribution < -0.4 is 10.2 Å². The van der Waals surface area contributed by atoms with Gasteiger partial charge in [0.25, 0.3) is 0 Å². The summed E-state index contributed by atoms with van der Waals surface area (Å²) >= 11 is 0. The van der Waals surface area contributed by atoms with Crippen molar-refractivity contribution in [3.63, 3.8) is 0 Å². The molecular weight excluding hydrogens is 232 g/mol. The fraction of sp³-hybridized carbons (Fsp3) is 0.385. The van der Waals surface area contributed by atoms with Crippen LogP contribution >= 0.6 is 0 Å². The molecule has 0 spiro atoms. The van der Waals surface area contributed by atoms with Gasteiger partial charge < -0.3 is 15.3 Å². The van der Waals surface area contributed by atoms with E-state index in [9.17, 15) is 9.59 Å². The Bertz CT molecular complexity index is 459. The summed E-state index contributed by atoms with van der Waals surface area (Å²) in [6.07, 6.45) is 1.16. The third-order valence-electron chi connectivity index (χ3n) is 2.93. The van der Waals surface area contributed by atoms with E-state index in [2.05, 4.69) is 5.32 Å². The maximum absolute atomic E-state index is 11.9. The summed E-state index contributed by atoms with van der Waals surface area (Å²) in [5, 5.41) is 11.2. The van der Waals surface area contributed by atoms with E-state index < -0.39 is 0 Å².